The zero-order valence-corrected chi connectivity index (χ0v) is 6.67. The van der Waals surface area contributed by atoms with E-state index in [1.54, 1.807) is 0 Å². The number of hydrogen-bond acceptors (Lipinski definition) is 0. The Bertz CT molecular complexity index is 168. The number of hydrogen-bond donors (Lipinski definition) is 0. The van der Waals surface area contributed by atoms with Crippen LogP contribution in [0, 0.1) is 17.3 Å². The molecule has 0 amide bonds. The van der Waals surface area contributed by atoms with Crippen molar-refractivity contribution in [3.8, 4) is 0 Å². The highest BCUT2D eigenvalue weighted by atomic mass is 14.5. The van der Waals surface area contributed by atoms with Gasteiger partial charge in [-0.15, -0.1) is 0 Å². The molecule has 0 radical (unpaired) electrons. The van der Waals surface area contributed by atoms with E-state index < -0.39 is 0 Å². The average Bonchev–Trinajstić information content (AvgIpc) is 2.46. The van der Waals surface area contributed by atoms with E-state index in [-0.39, 0.29) is 0 Å². The Morgan fingerprint density at radius 3 is 1.70 bits per heavy atom. The molecular formula is C10H14. The van der Waals surface area contributed by atoms with Gasteiger partial charge in [-0.05, 0) is 11.8 Å². The van der Waals surface area contributed by atoms with Gasteiger partial charge in [-0.25, -0.2) is 0 Å². The van der Waals surface area contributed by atoms with Crippen molar-refractivity contribution in [3.05, 3.63) is 24.3 Å². The Kier molecular flexibility index (Phi) is 1.08. The molecule has 0 aromatic rings. The van der Waals surface area contributed by atoms with Crippen LogP contribution in [0.1, 0.15) is 20.3 Å². The largest absolute Gasteiger partial charge is 0.0804 e. The fourth-order valence-electron chi connectivity index (χ4n) is 2.18. The van der Waals surface area contributed by atoms with Gasteiger partial charge in [-0.1, -0.05) is 38.2 Å². The van der Waals surface area contributed by atoms with Crippen LogP contribution in [0.15, 0.2) is 24.3 Å². The molecule has 0 saturated carbocycles. The van der Waals surface area contributed by atoms with Crippen LogP contribution in [-0.4, -0.2) is 0 Å². The molecule has 0 N–H and O–H groups in total. The van der Waals surface area contributed by atoms with Gasteiger partial charge in [-0.2, -0.15) is 0 Å². The molecule has 2 rings (SSSR count). The maximum Gasteiger partial charge on any atom is 0.000936 e. The molecule has 10 heavy (non-hydrogen) atoms. The summed E-state index contributed by atoms with van der Waals surface area (Å²) in [6.45, 7) is 4.68. The minimum Gasteiger partial charge on any atom is -0.0804 e. The van der Waals surface area contributed by atoms with Gasteiger partial charge in [0.15, 0.2) is 0 Å². The molecule has 0 aliphatic heterocycles. The quantitative estimate of drug-likeness (QED) is 0.484. The molecule has 0 nitrogen and oxygen atoms in total. The summed E-state index contributed by atoms with van der Waals surface area (Å²) in [6.07, 6.45) is 10.7. The zero-order valence-electron chi connectivity index (χ0n) is 6.67. The normalized spacial score (nSPS) is 49.0. The Hall–Kier alpha value is -0.520. The van der Waals surface area contributed by atoms with Crippen molar-refractivity contribution in [2.24, 2.45) is 17.3 Å². The van der Waals surface area contributed by atoms with E-state index in [4.69, 9.17) is 0 Å². The van der Waals surface area contributed by atoms with Crippen molar-refractivity contribution in [1.29, 1.82) is 0 Å². The summed E-state index contributed by atoms with van der Waals surface area (Å²) in [5.74, 6) is 1.48. The first kappa shape index (κ1) is 6.21. The second kappa shape index (κ2) is 1.75. The van der Waals surface area contributed by atoms with Crippen molar-refractivity contribution in [2.45, 2.75) is 20.3 Å². The second-order valence-corrected chi connectivity index (χ2v) is 3.68. The van der Waals surface area contributed by atoms with Crippen LogP contribution in [0.4, 0.5) is 0 Å². The molecule has 0 saturated heterocycles. The van der Waals surface area contributed by atoms with Crippen molar-refractivity contribution >= 4 is 0 Å². The zero-order chi connectivity index (χ0) is 7.19. The molecule has 2 aliphatic carbocycles. The van der Waals surface area contributed by atoms with Crippen molar-refractivity contribution < 1.29 is 0 Å². The van der Waals surface area contributed by atoms with Crippen LogP contribution in [0.3, 0.4) is 0 Å². The lowest BCUT2D eigenvalue weighted by atomic mass is 9.75. The van der Waals surface area contributed by atoms with Crippen LogP contribution in [0.2, 0.25) is 0 Å². The maximum absolute atomic E-state index is 2.39. The molecular weight excluding hydrogens is 120 g/mol. The first-order chi connectivity index (χ1) is 4.77. The summed E-state index contributed by atoms with van der Waals surface area (Å²) < 4.78 is 0. The third-order valence-electron chi connectivity index (χ3n) is 3.34. The molecule has 0 aromatic carbocycles. The predicted octanol–water partition coefficient (Wildman–Crippen LogP) is 2.77. The summed E-state index contributed by atoms with van der Waals surface area (Å²) in [6, 6.07) is 0. The summed E-state index contributed by atoms with van der Waals surface area (Å²) >= 11 is 0. The van der Waals surface area contributed by atoms with Gasteiger partial charge in [-0.3, -0.25) is 0 Å². The molecule has 0 heteroatoms. The molecule has 0 aromatic heterocycles. The van der Waals surface area contributed by atoms with Gasteiger partial charge in [0.1, 0.15) is 0 Å². The lowest BCUT2D eigenvalue weighted by molar-refractivity contribution is 0.249. The van der Waals surface area contributed by atoms with E-state index in [9.17, 15) is 0 Å². The lowest BCUT2D eigenvalue weighted by Gasteiger charge is -2.28. The van der Waals surface area contributed by atoms with Gasteiger partial charge in [0.25, 0.3) is 0 Å². The third kappa shape index (κ3) is 0.524. The number of allylic oxidation sites excluding steroid dienone is 4. The summed E-state index contributed by atoms with van der Waals surface area (Å²) in [5.41, 5.74) is 0.542. The van der Waals surface area contributed by atoms with Crippen LogP contribution in [0.5, 0.6) is 0 Å². The van der Waals surface area contributed by atoms with Crippen LogP contribution in [0.25, 0.3) is 0 Å². The topological polar surface area (TPSA) is 0 Å². The molecule has 0 atom stereocenters. The van der Waals surface area contributed by atoms with Gasteiger partial charge in [0.2, 0.25) is 0 Å². The Balaban J connectivity index is 2.32. The lowest BCUT2D eigenvalue weighted by Crippen LogP contribution is -2.22. The molecule has 0 spiro atoms. The van der Waals surface area contributed by atoms with Crippen LogP contribution < -0.4 is 0 Å². The monoisotopic (exact) mass is 134 g/mol. The first-order valence-corrected chi connectivity index (χ1v) is 4.14. The summed E-state index contributed by atoms with van der Waals surface area (Å²) in [4.78, 5) is 0. The summed E-state index contributed by atoms with van der Waals surface area (Å²) in [5, 5.41) is 0. The highest BCUT2D eigenvalue weighted by Crippen LogP contribution is 2.51. The van der Waals surface area contributed by atoms with Gasteiger partial charge >= 0.3 is 0 Å². The highest BCUT2D eigenvalue weighted by molar-refractivity contribution is 5.29. The molecule has 0 heterocycles. The van der Waals surface area contributed by atoms with E-state index in [1.807, 2.05) is 0 Å². The SMILES string of the molecule is CCC1(C)C2C=CC1C=C2. The van der Waals surface area contributed by atoms with E-state index in [0.29, 0.717) is 5.41 Å². The Morgan fingerprint density at radius 2 is 1.50 bits per heavy atom. The standard InChI is InChI=1S/C10H14/c1-3-10(2)8-4-5-9(10)7-6-8/h4-9H,3H2,1-2H3. The molecule has 54 valence electrons. The van der Waals surface area contributed by atoms with Crippen molar-refractivity contribution in [3.63, 3.8) is 0 Å². The average molecular weight is 134 g/mol. The minimum absolute atomic E-state index is 0.542. The smallest absolute Gasteiger partial charge is 0.000936 e. The van der Waals surface area contributed by atoms with Crippen molar-refractivity contribution in [2.75, 3.05) is 0 Å². The third-order valence-corrected chi connectivity index (χ3v) is 3.34. The van der Waals surface area contributed by atoms with E-state index in [2.05, 4.69) is 38.2 Å². The number of fused-ring (bicyclic) bond motifs is 2. The van der Waals surface area contributed by atoms with Gasteiger partial charge in [0, 0.05) is 11.8 Å². The molecule has 0 fully saturated rings. The fourth-order valence-corrected chi connectivity index (χ4v) is 2.18. The Morgan fingerprint density at radius 1 is 1.10 bits per heavy atom. The van der Waals surface area contributed by atoms with Gasteiger partial charge < -0.3 is 0 Å². The predicted molar refractivity (Wildman–Crippen MR) is 43.7 cm³/mol. The van der Waals surface area contributed by atoms with Gasteiger partial charge in [0.05, 0.1) is 0 Å². The first-order valence-electron chi connectivity index (χ1n) is 4.14. The van der Waals surface area contributed by atoms with Crippen LogP contribution in [-0.2, 0) is 0 Å². The van der Waals surface area contributed by atoms with Crippen molar-refractivity contribution in [1.82, 2.24) is 0 Å². The van der Waals surface area contributed by atoms with Crippen LogP contribution >= 0.6 is 0 Å². The molecule has 2 aliphatic rings. The summed E-state index contributed by atoms with van der Waals surface area (Å²) in [7, 11) is 0. The molecule has 2 bridgehead atoms. The highest BCUT2D eigenvalue weighted by Gasteiger charge is 2.42. The van der Waals surface area contributed by atoms with E-state index in [0.717, 1.165) is 11.8 Å². The fraction of sp³-hybridized carbons (Fsp3) is 0.600. The van der Waals surface area contributed by atoms with E-state index >= 15 is 0 Å². The molecule has 0 unspecified atom stereocenters. The maximum atomic E-state index is 2.39. The van der Waals surface area contributed by atoms with E-state index in [1.165, 1.54) is 6.42 Å². The Labute approximate surface area is 62.6 Å². The minimum atomic E-state index is 0.542. The second-order valence-electron chi connectivity index (χ2n) is 3.68. The number of rotatable bonds is 1.